The number of hydrogen-bond acceptors (Lipinski definition) is 16. The van der Waals surface area contributed by atoms with Gasteiger partial charge in [0.1, 0.15) is 46.0 Å². The third-order valence-corrected chi connectivity index (χ3v) is 21.0. The first kappa shape index (κ1) is 74.9. The Morgan fingerprint density at radius 3 is 0.873 bits per heavy atom. The van der Waals surface area contributed by atoms with Gasteiger partial charge in [0.15, 0.2) is 0 Å². The van der Waals surface area contributed by atoms with Crippen molar-refractivity contribution in [1.29, 1.82) is 0 Å². The predicted molar refractivity (Wildman–Crippen MR) is 360 cm³/mol. The summed E-state index contributed by atoms with van der Waals surface area (Å²) in [5, 5.41) is 12.9. The number of sulfone groups is 2. The molecule has 0 bridgehead atoms. The van der Waals surface area contributed by atoms with Crippen molar-refractivity contribution in [2.24, 2.45) is 0 Å². The van der Waals surface area contributed by atoms with Crippen LogP contribution in [0.3, 0.4) is 0 Å². The van der Waals surface area contributed by atoms with Gasteiger partial charge in [0.25, 0.3) is 5.92 Å². The number of rotatable bonds is 21. The van der Waals surface area contributed by atoms with E-state index >= 15 is 0 Å². The number of alkyl halides is 11. The minimum absolute atomic E-state index is 0.0238. The first-order valence-corrected chi connectivity index (χ1v) is 35.9. The van der Waals surface area contributed by atoms with Crippen molar-refractivity contribution in [2.75, 3.05) is 105 Å². The van der Waals surface area contributed by atoms with Crippen molar-refractivity contribution in [3.05, 3.63) is 214 Å². The molecule has 4 aliphatic rings. The van der Waals surface area contributed by atoms with Crippen LogP contribution in [-0.2, 0) is 70.3 Å². The second kappa shape index (κ2) is 32.2. The Bertz CT molecular complexity index is 4110. The van der Waals surface area contributed by atoms with Crippen molar-refractivity contribution < 1.29 is 84.1 Å². The molecule has 8 aromatic carbocycles. The standard InChI is InChI=1S/C37H39F5N4O4S.C36H36F6N4O4S/c1-36(38,39)32-12-2-26(24-45-18-14-43-15-19-45)22-34(32)49-28-4-8-30(9-5-28)51(47,48)31-10-6-29(7-11-31)50-35-23-27(3-13-33(35)37(40,41)42)25-46-20-16-44-17-21-46;37-35(38,39)27-17-25(23-45-13-9-43-10-14-45)19-31(21-27)49-29-1-5-33(6-2-29)51(47,48)34-7-3-30(4-8-34)50-32-20-26(18-28(22-32)36(40,41)42)24-46-15-11-44-12-16-46/h2-13,22-23,43-44H,14-21,24-25H2,1H3;1-8,17-22,43-44H,9-16,23-24H2. The molecular formula is C73H75F11N8O8S2. The molecule has 4 fully saturated rings. The third-order valence-electron chi connectivity index (χ3n) is 17.4. The van der Waals surface area contributed by atoms with Gasteiger partial charge in [-0.1, -0.05) is 12.1 Å². The maximum absolute atomic E-state index is 14.5. The van der Waals surface area contributed by atoms with Gasteiger partial charge in [0.2, 0.25) is 19.7 Å². The molecule has 544 valence electrons. The Balaban J connectivity index is 0.000000205. The van der Waals surface area contributed by atoms with E-state index in [9.17, 15) is 65.1 Å². The SMILES string of the molecule is CC(F)(F)c1ccc(CN2CCNCC2)cc1Oc1ccc(S(=O)(=O)c2ccc(Oc3cc(CN4CCNCC4)ccc3C(F)(F)F)cc2)cc1.O=S(=O)(c1ccc(Oc2cc(CN3CCNCC3)cc(C(F)(F)F)c2)cc1)c1ccc(Oc2cc(CN3CCNCC3)cc(C(F)(F)F)c2)cc1. The van der Waals surface area contributed by atoms with Crippen molar-refractivity contribution in [1.82, 2.24) is 40.9 Å². The lowest BCUT2D eigenvalue weighted by molar-refractivity contribution is -0.139. The van der Waals surface area contributed by atoms with Crippen LogP contribution >= 0.6 is 0 Å². The van der Waals surface area contributed by atoms with Crippen molar-refractivity contribution in [2.45, 2.75) is 77.1 Å². The highest BCUT2D eigenvalue weighted by atomic mass is 32.2. The molecule has 0 amide bonds. The largest absolute Gasteiger partial charge is 0.457 e. The summed E-state index contributed by atoms with van der Waals surface area (Å²) in [7, 11) is -8.11. The van der Waals surface area contributed by atoms with Gasteiger partial charge in [-0.05, 0) is 180 Å². The van der Waals surface area contributed by atoms with Crippen LogP contribution in [-0.4, -0.2) is 141 Å². The van der Waals surface area contributed by atoms with Gasteiger partial charge in [-0.25, -0.2) is 25.6 Å². The molecule has 8 aromatic rings. The lowest BCUT2D eigenvalue weighted by Crippen LogP contribution is -2.42. The van der Waals surface area contributed by atoms with Gasteiger partial charge in [-0.15, -0.1) is 0 Å². The average molecular weight is 1470 g/mol. The Morgan fingerprint density at radius 1 is 0.314 bits per heavy atom. The summed E-state index contributed by atoms with van der Waals surface area (Å²) in [6.07, 6.45) is -13.8. The van der Waals surface area contributed by atoms with Crippen molar-refractivity contribution in [3.8, 4) is 46.0 Å². The third kappa shape index (κ3) is 20.1. The fourth-order valence-electron chi connectivity index (χ4n) is 12.1. The summed E-state index contributed by atoms with van der Waals surface area (Å²) in [5.74, 6) is -3.15. The van der Waals surface area contributed by atoms with E-state index in [1.54, 1.807) is 12.1 Å². The van der Waals surface area contributed by atoms with E-state index in [-0.39, 0.29) is 71.1 Å². The first-order valence-electron chi connectivity index (χ1n) is 33.0. The molecule has 4 N–H and O–H groups in total. The molecule has 4 aliphatic heterocycles. The van der Waals surface area contributed by atoms with Crippen LogP contribution in [0.2, 0.25) is 0 Å². The average Bonchev–Trinajstić information content (AvgIpc) is 0.779. The zero-order chi connectivity index (χ0) is 72.5. The Hall–Kier alpha value is -8.23. The predicted octanol–water partition coefficient (Wildman–Crippen LogP) is 14.0. The quantitative estimate of drug-likeness (QED) is 0.0502. The molecule has 0 saturated carbocycles. The van der Waals surface area contributed by atoms with E-state index in [0.29, 0.717) is 69.0 Å². The smallest absolute Gasteiger partial charge is 0.419 e. The van der Waals surface area contributed by atoms with E-state index in [1.165, 1.54) is 127 Å². The Labute approximate surface area is 584 Å². The van der Waals surface area contributed by atoms with E-state index < -0.39 is 60.8 Å². The van der Waals surface area contributed by atoms with Crippen molar-refractivity contribution in [3.63, 3.8) is 0 Å². The molecule has 29 heteroatoms. The fraction of sp³-hybridized carbons (Fsp3) is 0.342. The highest BCUT2D eigenvalue weighted by Gasteiger charge is 2.37. The van der Waals surface area contributed by atoms with Gasteiger partial charge >= 0.3 is 18.5 Å². The summed E-state index contributed by atoms with van der Waals surface area (Å²) in [6.45, 7) is 14.7. The maximum atomic E-state index is 14.5. The minimum atomic E-state index is -4.66. The van der Waals surface area contributed by atoms with Crippen molar-refractivity contribution >= 4 is 19.7 Å². The van der Waals surface area contributed by atoms with Crippen LogP contribution in [0.5, 0.6) is 46.0 Å². The van der Waals surface area contributed by atoms with Gasteiger partial charge in [0, 0.05) is 138 Å². The molecule has 4 heterocycles. The Kier molecular flexibility index (Phi) is 23.7. The van der Waals surface area contributed by atoms with Gasteiger partial charge in [-0.2, -0.15) is 39.5 Å². The number of hydrogen-bond donors (Lipinski definition) is 4. The Morgan fingerprint density at radius 2 is 0.588 bits per heavy atom. The van der Waals surface area contributed by atoms with E-state index in [0.717, 1.165) is 121 Å². The molecule has 0 atom stereocenters. The molecule has 102 heavy (non-hydrogen) atoms. The number of ether oxygens (including phenoxy) is 4. The van der Waals surface area contributed by atoms with Gasteiger partial charge in [0.05, 0.1) is 41.8 Å². The fourth-order valence-corrected chi connectivity index (χ4v) is 14.6. The van der Waals surface area contributed by atoms with Gasteiger partial charge in [-0.3, -0.25) is 19.6 Å². The van der Waals surface area contributed by atoms with E-state index in [2.05, 4.69) is 31.1 Å². The molecule has 0 spiro atoms. The van der Waals surface area contributed by atoms with Gasteiger partial charge < -0.3 is 40.2 Å². The number of benzene rings is 8. The monoisotopic (exact) mass is 1460 g/mol. The topological polar surface area (TPSA) is 166 Å². The zero-order valence-electron chi connectivity index (χ0n) is 55.3. The molecular weight excluding hydrogens is 1390 g/mol. The van der Waals surface area contributed by atoms with Crippen LogP contribution in [0.25, 0.3) is 0 Å². The number of nitrogens with zero attached hydrogens (tertiary/aromatic N) is 4. The number of halogens is 11. The summed E-state index contributed by atoms with van der Waals surface area (Å²) in [5.41, 5.74) is -0.570. The molecule has 12 rings (SSSR count). The highest BCUT2D eigenvalue weighted by Crippen LogP contribution is 2.42. The van der Waals surface area contributed by atoms with E-state index in [1.807, 2.05) is 9.80 Å². The summed E-state index contributed by atoms with van der Waals surface area (Å²) in [4.78, 5) is 8.05. The lowest BCUT2D eigenvalue weighted by atomic mass is 10.0. The molecule has 0 unspecified atom stereocenters. The first-order chi connectivity index (χ1) is 48.5. The second-order valence-electron chi connectivity index (χ2n) is 25.2. The zero-order valence-corrected chi connectivity index (χ0v) is 57.0. The number of nitrogens with one attached hydrogen (secondary N) is 4. The molecule has 4 saturated heterocycles. The lowest BCUT2D eigenvalue weighted by Gasteiger charge is -2.27. The van der Waals surface area contributed by atoms with Crippen LogP contribution < -0.4 is 40.2 Å². The van der Waals surface area contributed by atoms with Crippen LogP contribution in [0.15, 0.2) is 189 Å². The normalized spacial score (nSPS) is 16.6. The van der Waals surface area contributed by atoms with Crippen LogP contribution in [0, 0.1) is 0 Å². The molecule has 0 aromatic heterocycles. The minimum Gasteiger partial charge on any atom is -0.457 e. The highest BCUT2D eigenvalue weighted by molar-refractivity contribution is 7.91. The second-order valence-corrected chi connectivity index (χ2v) is 29.1. The van der Waals surface area contributed by atoms with Crippen LogP contribution in [0.1, 0.15) is 51.4 Å². The van der Waals surface area contributed by atoms with E-state index in [4.69, 9.17) is 18.9 Å². The molecule has 16 nitrogen and oxygen atoms in total. The number of piperazine rings is 4. The summed E-state index contributed by atoms with van der Waals surface area (Å²) >= 11 is 0. The summed E-state index contributed by atoms with van der Waals surface area (Å²) in [6, 6.07) is 36.6. The summed E-state index contributed by atoms with van der Waals surface area (Å²) < 4.78 is 230. The maximum Gasteiger partial charge on any atom is 0.419 e. The molecule has 0 radical (unpaired) electrons. The van der Waals surface area contributed by atoms with Crippen LogP contribution in [0.4, 0.5) is 48.3 Å². The molecule has 0 aliphatic carbocycles.